The summed E-state index contributed by atoms with van der Waals surface area (Å²) in [5.41, 5.74) is 10.2. The van der Waals surface area contributed by atoms with Gasteiger partial charge in [-0.1, -0.05) is 48.9 Å². The van der Waals surface area contributed by atoms with Crippen molar-refractivity contribution >= 4 is 11.6 Å². The van der Waals surface area contributed by atoms with Crippen molar-refractivity contribution in [2.75, 3.05) is 6.61 Å². The molecule has 1 amide bonds. The fraction of sp³-hybridized carbons (Fsp3) is 0.261. The first-order chi connectivity index (χ1) is 13.8. The Morgan fingerprint density at radius 3 is 2.21 bits per heavy atom. The van der Waals surface area contributed by atoms with Gasteiger partial charge in [0.2, 0.25) is 0 Å². The largest absolute Gasteiger partial charge is 0.481 e. The molecular formula is C23H27N3O3. The van der Waals surface area contributed by atoms with Crippen molar-refractivity contribution in [1.29, 1.82) is 0 Å². The molecule has 0 fully saturated rings. The topological polar surface area (TPSA) is 96.6 Å². The molecule has 0 heterocycles. The van der Waals surface area contributed by atoms with E-state index in [0.29, 0.717) is 12.3 Å². The molecule has 6 heteroatoms. The normalized spacial score (nSPS) is 11.6. The smallest absolute Gasteiger partial charge is 0.267 e. The van der Waals surface area contributed by atoms with E-state index in [4.69, 9.17) is 15.7 Å². The minimum atomic E-state index is -0.901. The molecule has 0 spiro atoms. The summed E-state index contributed by atoms with van der Waals surface area (Å²) in [6.45, 7) is 9.52. The van der Waals surface area contributed by atoms with Crippen LogP contribution in [0, 0.1) is 11.8 Å². The number of nitrogens with one attached hydrogen (secondary N) is 2. The Morgan fingerprint density at radius 1 is 1.17 bits per heavy atom. The second-order valence-electron chi connectivity index (χ2n) is 7.17. The number of ether oxygens (including phenoxy) is 1. The second-order valence-corrected chi connectivity index (χ2v) is 7.17. The van der Waals surface area contributed by atoms with Gasteiger partial charge in [-0.2, -0.15) is 0 Å². The minimum Gasteiger partial charge on any atom is -0.481 e. The van der Waals surface area contributed by atoms with Crippen molar-refractivity contribution in [3.05, 3.63) is 60.7 Å². The van der Waals surface area contributed by atoms with E-state index in [9.17, 15) is 4.79 Å². The predicted molar refractivity (Wildman–Crippen MR) is 115 cm³/mol. The number of nitrogens with two attached hydrogens (primary N) is 1. The van der Waals surface area contributed by atoms with Crippen LogP contribution in [0.5, 0.6) is 5.75 Å². The molecule has 0 aliphatic heterocycles. The van der Waals surface area contributed by atoms with Gasteiger partial charge in [-0.15, -0.1) is 5.92 Å². The van der Waals surface area contributed by atoms with E-state index in [1.54, 1.807) is 26.3 Å². The zero-order valence-electron chi connectivity index (χ0n) is 17.0. The van der Waals surface area contributed by atoms with Gasteiger partial charge >= 0.3 is 0 Å². The number of amides is 1. The zero-order valence-corrected chi connectivity index (χ0v) is 17.0. The van der Waals surface area contributed by atoms with Gasteiger partial charge in [-0.25, -0.2) is 5.48 Å². The van der Waals surface area contributed by atoms with Crippen LogP contribution in [0.3, 0.4) is 0 Å². The molecule has 0 radical (unpaired) electrons. The lowest BCUT2D eigenvalue weighted by atomic mass is 9.94. The molecule has 2 aromatic rings. The third-order valence-electron chi connectivity index (χ3n) is 4.34. The van der Waals surface area contributed by atoms with Gasteiger partial charge in [0, 0.05) is 11.2 Å². The van der Waals surface area contributed by atoms with Crippen LogP contribution in [-0.2, 0) is 4.79 Å². The molecular weight excluding hydrogens is 366 g/mol. The number of rotatable bonds is 8. The van der Waals surface area contributed by atoms with Crippen molar-refractivity contribution in [1.82, 2.24) is 10.8 Å². The van der Waals surface area contributed by atoms with Crippen LogP contribution in [0.4, 0.5) is 0 Å². The van der Waals surface area contributed by atoms with Gasteiger partial charge in [0.1, 0.15) is 18.4 Å². The van der Waals surface area contributed by atoms with Crippen LogP contribution < -0.4 is 21.3 Å². The standard InChI is InChI=1S/C23H27N3O3/c1-5-6-15-29-20-13-11-19(12-14-20)18-9-7-17(8-10-18)16(2)25-21(22(27)26-28)23(3,4)24/h7-14,21,25,28H,2,15,24H2,1,3-4H3,(H,26,27)/t21-/m1/s1. The van der Waals surface area contributed by atoms with Gasteiger partial charge in [-0.05, 0) is 49.6 Å². The second kappa shape index (κ2) is 9.78. The molecule has 0 aliphatic rings. The van der Waals surface area contributed by atoms with E-state index >= 15 is 0 Å². The van der Waals surface area contributed by atoms with E-state index < -0.39 is 17.5 Å². The molecule has 2 rings (SSSR count). The molecule has 0 aromatic heterocycles. The summed E-state index contributed by atoms with van der Waals surface area (Å²) in [6, 6.07) is 14.7. The lowest BCUT2D eigenvalue weighted by Gasteiger charge is -2.30. The van der Waals surface area contributed by atoms with E-state index in [1.165, 1.54) is 0 Å². The Bertz CT molecular complexity index is 902. The van der Waals surface area contributed by atoms with Crippen molar-refractivity contribution < 1.29 is 14.7 Å². The van der Waals surface area contributed by atoms with Crippen LogP contribution in [0.15, 0.2) is 55.1 Å². The Hall–Kier alpha value is -3.27. The summed E-state index contributed by atoms with van der Waals surface area (Å²) in [4.78, 5) is 11.9. The molecule has 152 valence electrons. The van der Waals surface area contributed by atoms with Gasteiger partial charge in [0.05, 0.1) is 0 Å². The highest BCUT2D eigenvalue weighted by molar-refractivity contribution is 5.84. The minimum absolute atomic E-state index is 0.370. The van der Waals surface area contributed by atoms with Crippen LogP contribution in [0.2, 0.25) is 0 Å². The fourth-order valence-corrected chi connectivity index (χ4v) is 2.71. The number of carbonyl (C=O) groups excluding carboxylic acids is 1. The predicted octanol–water partition coefficient (Wildman–Crippen LogP) is 2.93. The van der Waals surface area contributed by atoms with Crippen LogP contribution >= 0.6 is 0 Å². The van der Waals surface area contributed by atoms with Crippen molar-refractivity contribution in [2.24, 2.45) is 5.73 Å². The average Bonchev–Trinajstić information content (AvgIpc) is 2.71. The molecule has 29 heavy (non-hydrogen) atoms. The van der Waals surface area contributed by atoms with Crippen molar-refractivity contribution in [3.63, 3.8) is 0 Å². The lowest BCUT2D eigenvalue weighted by Crippen LogP contribution is -2.59. The summed E-state index contributed by atoms with van der Waals surface area (Å²) < 4.78 is 5.53. The number of benzene rings is 2. The van der Waals surface area contributed by atoms with Crippen LogP contribution in [0.1, 0.15) is 26.3 Å². The first kappa shape index (κ1) is 22.0. The third kappa shape index (κ3) is 6.11. The first-order valence-corrected chi connectivity index (χ1v) is 9.18. The Balaban J connectivity index is 2.09. The van der Waals surface area contributed by atoms with Gasteiger partial charge in [0.25, 0.3) is 5.91 Å². The molecule has 5 N–H and O–H groups in total. The van der Waals surface area contributed by atoms with Crippen molar-refractivity contribution in [3.8, 4) is 28.7 Å². The van der Waals surface area contributed by atoms with Crippen molar-refractivity contribution in [2.45, 2.75) is 32.4 Å². The van der Waals surface area contributed by atoms with E-state index in [2.05, 4.69) is 23.7 Å². The average molecular weight is 393 g/mol. The Labute approximate surface area is 171 Å². The maximum atomic E-state index is 11.9. The highest BCUT2D eigenvalue weighted by Gasteiger charge is 2.32. The lowest BCUT2D eigenvalue weighted by molar-refractivity contribution is -0.132. The quantitative estimate of drug-likeness (QED) is 0.314. The molecule has 0 saturated heterocycles. The van der Waals surface area contributed by atoms with Gasteiger partial charge in [0.15, 0.2) is 0 Å². The summed E-state index contributed by atoms with van der Waals surface area (Å²) in [5, 5.41) is 11.9. The molecule has 0 unspecified atom stereocenters. The van der Waals surface area contributed by atoms with Crippen LogP contribution in [-0.4, -0.2) is 29.3 Å². The number of hydrogen-bond acceptors (Lipinski definition) is 5. The van der Waals surface area contributed by atoms with E-state index in [1.807, 2.05) is 48.5 Å². The van der Waals surface area contributed by atoms with E-state index in [-0.39, 0.29) is 0 Å². The summed E-state index contributed by atoms with van der Waals surface area (Å²) in [5.74, 6) is 5.79. The number of hydrogen-bond donors (Lipinski definition) is 4. The summed E-state index contributed by atoms with van der Waals surface area (Å²) >= 11 is 0. The first-order valence-electron chi connectivity index (χ1n) is 9.18. The third-order valence-corrected chi connectivity index (χ3v) is 4.34. The number of carbonyl (C=O) groups is 1. The van der Waals surface area contributed by atoms with Gasteiger partial charge in [-0.3, -0.25) is 10.0 Å². The van der Waals surface area contributed by atoms with E-state index in [0.717, 1.165) is 22.4 Å². The highest BCUT2D eigenvalue weighted by atomic mass is 16.5. The summed E-state index contributed by atoms with van der Waals surface area (Å²) in [7, 11) is 0. The highest BCUT2D eigenvalue weighted by Crippen LogP contribution is 2.24. The SMILES string of the molecule is C=C(N[C@H](C(=O)NO)C(C)(C)N)c1ccc(-c2ccc(OCC#CC)cc2)cc1. The fourth-order valence-electron chi connectivity index (χ4n) is 2.71. The molecule has 0 saturated carbocycles. The maximum absolute atomic E-state index is 11.9. The zero-order chi connectivity index (χ0) is 21.4. The molecule has 2 aromatic carbocycles. The Morgan fingerprint density at radius 2 is 1.72 bits per heavy atom. The number of hydroxylamine groups is 1. The van der Waals surface area contributed by atoms with Gasteiger partial charge < -0.3 is 15.8 Å². The molecule has 1 atom stereocenters. The monoisotopic (exact) mass is 393 g/mol. The summed E-state index contributed by atoms with van der Waals surface area (Å²) in [6.07, 6.45) is 0. The molecule has 0 bridgehead atoms. The molecule has 6 nitrogen and oxygen atoms in total. The van der Waals surface area contributed by atoms with Crippen LogP contribution in [0.25, 0.3) is 16.8 Å². The Kier molecular flexibility index (Phi) is 7.43. The molecule has 0 aliphatic carbocycles. The maximum Gasteiger partial charge on any atom is 0.267 e.